The van der Waals surface area contributed by atoms with Crippen LogP contribution in [0.1, 0.15) is 23.5 Å². The molecular formula is C24H16O6. The average molecular weight is 400 g/mol. The van der Waals surface area contributed by atoms with Crippen LogP contribution in [0, 0.1) is 0 Å². The fourth-order valence-corrected chi connectivity index (χ4v) is 3.92. The monoisotopic (exact) mass is 400 g/mol. The number of rotatable bonds is 2. The molecule has 3 aromatic carbocycles. The highest BCUT2D eigenvalue weighted by atomic mass is 16.5. The van der Waals surface area contributed by atoms with Crippen molar-refractivity contribution < 1.29 is 24.2 Å². The number of esters is 1. The van der Waals surface area contributed by atoms with E-state index in [1.807, 2.05) is 6.07 Å². The number of fused-ring (bicyclic) bond motifs is 3. The van der Waals surface area contributed by atoms with Gasteiger partial charge in [-0.2, -0.15) is 0 Å². The predicted molar refractivity (Wildman–Crippen MR) is 110 cm³/mol. The van der Waals surface area contributed by atoms with Crippen LogP contribution in [0.15, 0.2) is 76.1 Å². The largest absolute Gasteiger partial charge is 0.508 e. The number of carbonyl (C=O) groups excluding carboxylic acids is 1. The van der Waals surface area contributed by atoms with Crippen molar-refractivity contribution in [3.8, 4) is 28.4 Å². The minimum Gasteiger partial charge on any atom is -0.508 e. The molecule has 1 aromatic heterocycles. The second-order valence-corrected chi connectivity index (χ2v) is 7.21. The SMILES string of the molecule is O=C1C[C@@H](c2cccc(O)c2)c2c(ccc3c(=O)c(-c4ccc(O)cc4)coc23)O1. The van der Waals surface area contributed by atoms with Crippen molar-refractivity contribution in [2.24, 2.45) is 0 Å². The van der Waals surface area contributed by atoms with Gasteiger partial charge in [0.1, 0.15) is 29.1 Å². The van der Waals surface area contributed by atoms with Gasteiger partial charge in [-0.25, -0.2) is 0 Å². The van der Waals surface area contributed by atoms with Gasteiger partial charge in [0.15, 0.2) is 0 Å². The van der Waals surface area contributed by atoms with Crippen LogP contribution in [0.3, 0.4) is 0 Å². The summed E-state index contributed by atoms with van der Waals surface area (Å²) in [5.41, 5.74) is 2.44. The van der Waals surface area contributed by atoms with Crippen LogP contribution in [-0.4, -0.2) is 16.2 Å². The summed E-state index contributed by atoms with van der Waals surface area (Å²) in [6, 6.07) is 16.1. The first-order valence-corrected chi connectivity index (χ1v) is 9.38. The van der Waals surface area contributed by atoms with Crippen LogP contribution in [0.25, 0.3) is 22.1 Å². The van der Waals surface area contributed by atoms with E-state index in [1.54, 1.807) is 42.5 Å². The summed E-state index contributed by atoms with van der Waals surface area (Å²) in [4.78, 5) is 25.4. The number of aromatic hydroxyl groups is 2. The Morgan fingerprint density at radius 3 is 2.47 bits per heavy atom. The maximum Gasteiger partial charge on any atom is 0.312 e. The Kier molecular flexibility index (Phi) is 4.06. The molecule has 0 fully saturated rings. The normalized spacial score (nSPS) is 15.6. The lowest BCUT2D eigenvalue weighted by Gasteiger charge is -2.25. The molecule has 0 unspecified atom stereocenters. The van der Waals surface area contributed by atoms with Crippen LogP contribution in [0.4, 0.5) is 0 Å². The standard InChI is InChI=1S/C24H16O6/c25-15-6-4-13(5-7-15)19-12-29-24-17(23(19)28)8-9-20-22(24)18(11-21(27)30-20)14-2-1-3-16(26)10-14/h1-10,12,18,25-26H,11H2/t18-/m0/s1. The van der Waals surface area contributed by atoms with E-state index >= 15 is 0 Å². The van der Waals surface area contributed by atoms with Gasteiger partial charge >= 0.3 is 5.97 Å². The Labute approximate surface area is 170 Å². The molecule has 0 bridgehead atoms. The van der Waals surface area contributed by atoms with Crippen LogP contribution in [0.5, 0.6) is 17.2 Å². The minimum absolute atomic E-state index is 0.0684. The molecule has 5 rings (SSSR count). The smallest absolute Gasteiger partial charge is 0.312 e. The maximum absolute atomic E-state index is 13.2. The molecule has 148 valence electrons. The van der Waals surface area contributed by atoms with E-state index in [9.17, 15) is 19.8 Å². The summed E-state index contributed by atoms with van der Waals surface area (Å²) < 4.78 is 11.3. The van der Waals surface area contributed by atoms with Crippen molar-refractivity contribution in [3.63, 3.8) is 0 Å². The third-order valence-electron chi connectivity index (χ3n) is 5.33. The van der Waals surface area contributed by atoms with E-state index in [2.05, 4.69) is 0 Å². The lowest BCUT2D eigenvalue weighted by Crippen LogP contribution is -2.22. The second-order valence-electron chi connectivity index (χ2n) is 7.21. The van der Waals surface area contributed by atoms with Gasteiger partial charge in [0.2, 0.25) is 5.43 Å². The molecular weight excluding hydrogens is 384 g/mol. The van der Waals surface area contributed by atoms with Crippen molar-refractivity contribution in [1.82, 2.24) is 0 Å². The summed E-state index contributed by atoms with van der Waals surface area (Å²) >= 11 is 0. The molecule has 0 aliphatic carbocycles. The first kappa shape index (κ1) is 18.0. The zero-order valence-corrected chi connectivity index (χ0v) is 15.7. The van der Waals surface area contributed by atoms with Crippen LogP contribution in [-0.2, 0) is 4.79 Å². The third kappa shape index (κ3) is 2.90. The average Bonchev–Trinajstić information content (AvgIpc) is 2.74. The van der Waals surface area contributed by atoms with Crippen molar-refractivity contribution in [2.45, 2.75) is 12.3 Å². The number of benzene rings is 3. The molecule has 0 spiro atoms. The summed E-state index contributed by atoms with van der Waals surface area (Å²) in [6.45, 7) is 0. The van der Waals surface area contributed by atoms with Crippen molar-refractivity contribution in [2.75, 3.05) is 0 Å². The Hall–Kier alpha value is -4.06. The van der Waals surface area contributed by atoms with Gasteiger partial charge in [0.25, 0.3) is 0 Å². The Balaban J connectivity index is 1.74. The van der Waals surface area contributed by atoms with Crippen molar-refractivity contribution in [1.29, 1.82) is 0 Å². The van der Waals surface area contributed by atoms with E-state index in [1.165, 1.54) is 18.4 Å². The zero-order chi connectivity index (χ0) is 20.8. The summed E-state index contributed by atoms with van der Waals surface area (Å²) in [5, 5.41) is 19.7. The highest BCUT2D eigenvalue weighted by molar-refractivity contribution is 5.90. The third-order valence-corrected chi connectivity index (χ3v) is 5.33. The van der Waals surface area contributed by atoms with E-state index < -0.39 is 11.9 Å². The van der Waals surface area contributed by atoms with Gasteiger partial charge in [0.05, 0.1) is 17.4 Å². The Bertz CT molecular complexity index is 1350. The maximum atomic E-state index is 13.2. The van der Waals surface area contributed by atoms with E-state index in [-0.39, 0.29) is 23.3 Å². The molecule has 1 aliphatic heterocycles. The minimum atomic E-state index is -0.417. The molecule has 0 saturated carbocycles. The summed E-state index contributed by atoms with van der Waals surface area (Å²) in [7, 11) is 0. The summed E-state index contributed by atoms with van der Waals surface area (Å²) in [6.07, 6.45) is 1.45. The molecule has 2 heterocycles. The van der Waals surface area contributed by atoms with Gasteiger partial charge in [-0.15, -0.1) is 0 Å². The second kappa shape index (κ2) is 6.77. The van der Waals surface area contributed by atoms with Crippen LogP contribution in [0.2, 0.25) is 0 Å². The first-order valence-electron chi connectivity index (χ1n) is 9.38. The molecule has 1 aliphatic rings. The molecule has 2 N–H and O–H groups in total. The van der Waals surface area contributed by atoms with Crippen LogP contribution < -0.4 is 10.2 Å². The quantitative estimate of drug-likeness (QED) is 0.384. The fourth-order valence-electron chi connectivity index (χ4n) is 3.92. The lowest BCUT2D eigenvalue weighted by atomic mass is 9.85. The van der Waals surface area contributed by atoms with Crippen molar-refractivity contribution in [3.05, 3.63) is 88.3 Å². The number of phenols is 2. The van der Waals surface area contributed by atoms with E-state index in [0.717, 1.165) is 5.56 Å². The Morgan fingerprint density at radius 2 is 1.70 bits per heavy atom. The number of hydrogen-bond acceptors (Lipinski definition) is 6. The molecule has 1 atom stereocenters. The molecule has 0 radical (unpaired) electrons. The molecule has 0 amide bonds. The van der Waals surface area contributed by atoms with Gasteiger partial charge in [-0.3, -0.25) is 9.59 Å². The molecule has 0 saturated heterocycles. The predicted octanol–water partition coefficient (Wildman–Crippen LogP) is 4.31. The zero-order valence-electron chi connectivity index (χ0n) is 15.7. The van der Waals surface area contributed by atoms with Gasteiger partial charge < -0.3 is 19.4 Å². The molecule has 6 nitrogen and oxygen atoms in total. The molecule has 4 aromatic rings. The highest BCUT2D eigenvalue weighted by Gasteiger charge is 2.32. The fraction of sp³-hybridized carbons (Fsp3) is 0.0833. The number of carbonyl (C=O) groups is 1. The highest BCUT2D eigenvalue weighted by Crippen LogP contribution is 2.43. The lowest BCUT2D eigenvalue weighted by molar-refractivity contribution is -0.135. The van der Waals surface area contributed by atoms with Gasteiger partial charge in [-0.05, 0) is 47.5 Å². The van der Waals surface area contributed by atoms with Gasteiger partial charge in [0, 0.05) is 11.5 Å². The van der Waals surface area contributed by atoms with E-state index in [4.69, 9.17) is 9.15 Å². The number of phenolic OH excluding ortho intramolecular Hbond substituents is 2. The molecule has 6 heteroatoms. The van der Waals surface area contributed by atoms with Crippen LogP contribution >= 0.6 is 0 Å². The number of ether oxygens (including phenoxy) is 1. The summed E-state index contributed by atoms with van der Waals surface area (Å²) in [5.74, 6) is -0.274. The Morgan fingerprint density at radius 1 is 0.900 bits per heavy atom. The first-order chi connectivity index (χ1) is 14.5. The van der Waals surface area contributed by atoms with Crippen molar-refractivity contribution >= 4 is 16.9 Å². The molecule has 30 heavy (non-hydrogen) atoms. The topological polar surface area (TPSA) is 97.0 Å². The number of hydrogen-bond donors (Lipinski definition) is 2. The van der Waals surface area contributed by atoms with Gasteiger partial charge in [-0.1, -0.05) is 24.3 Å². The van der Waals surface area contributed by atoms with E-state index in [0.29, 0.717) is 33.4 Å².